The van der Waals surface area contributed by atoms with Crippen LogP contribution in [0.25, 0.3) is 22.3 Å². The van der Waals surface area contributed by atoms with Crippen molar-refractivity contribution in [1.29, 1.82) is 0 Å². The number of esters is 1. The van der Waals surface area contributed by atoms with E-state index in [0.29, 0.717) is 23.4 Å². The van der Waals surface area contributed by atoms with E-state index >= 15 is 0 Å². The van der Waals surface area contributed by atoms with Crippen molar-refractivity contribution in [1.82, 2.24) is 29.9 Å². The fourth-order valence-corrected chi connectivity index (χ4v) is 2.62. The van der Waals surface area contributed by atoms with Crippen LogP contribution < -0.4 is 0 Å². The lowest BCUT2D eigenvalue weighted by Crippen LogP contribution is -2.04. The second-order valence-electron chi connectivity index (χ2n) is 5.41. The Labute approximate surface area is 142 Å². The molecule has 0 amide bonds. The molecule has 3 aromatic heterocycles. The molecule has 0 saturated heterocycles. The minimum absolute atomic E-state index is 0.397. The van der Waals surface area contributed by atoms with Crippen molar-refractivity contribution in [3.63, 3.8) is 0 Å². The number of aromatic amines is 1. The number of carbonyl (C=O) groups is 1. The van der Waals surface area contributed by atoms with Crippen molar-refractivity contribution in [2.24, 2.45) is 0 Å². The monoisotopic (exact) mass is 334 g/mol. The van der Waals surface area contributed by atoms with E-state index in [9.17, 15) is 4.79 Å². The van der Waals surface area contributed by atoms with Gasteiger partial charge in [-0.2, -0.15) is 0 Å². The average Bonchev–Trinajstić information content (AvgIpc) is 3.27. The van der Waals surface area contributed by atoms with E-state index in [1.165, 1.54) is 13.3 Å². The summed E-state index contributed by atoms with van der Waals surface area (Å²) in [5.41, 5.74) is 3.39. The second kappa shape index (κ2) is 6.16. The van der Waals surface area contributed by atoms with Gasteiger partial charge in [-0.25, -0.2) is 14.5 Å². The molecule has 8 heteroatoms. The molecule has 0 atom stereocenters. The Morgan fingerprint density at radius 2 is 2.16 bits per heavy atom. The predicted molar refractivity (Wildman–Crippen MR) is 89.8 cm³/mol. The lowest BCUT2D eigenvalue weighted by molar-refractivity contribution is 0.0601. The van der Waals surface area contributed by atoms with Crippen LogP contribution in [0.2, 0.25) is 0 Å². The van der Waals surface area contributed by atoms with Gasteiger partial charge in [-0.15, -0.1) is 5.10 Å². The number of hydrogen-bond donors (Lipinski definition) is 1. The Bertz CT molecular complexity index is 1020. The number of pyridine rings is 1. The van der Waals surface area contributed by atoms with Crippen LogP contribution in [0.15, 0.2) is 48.9 Å². The van der Waals surface area contributed by atoms with Crippen LogP contribution in [0, 0.1) is 0 Å². The maximum atomic E-state index is 11.9. The molecule has 0 fully saturated rings. The first-order chi connectivity index (χ1) is 12.2. The van der Waals surface area contributed by atoms with E-state index < -0.39 is 5.97 Å². The Hall–Kier alpha value is -3.55. The van der Waals surface area contributed by atoms with Crippen molar-refractivity contribution in [2.45, 2.75) is 6.54 Å². The molecule has 4 aromatic rings. The molecule has 4 rings (SSSR count). The summed E-state index contributed by atoms with van der Waals surface area (Å²) in [7, 11) is 1.34. The van der Waals surface area contributed by atoms with Crippen molar-refractivity contribution < 1.29 is 9.53 Å². The largest absolute Gasteiger partial charge is 0.465 e. The lowest BCUT2D eigenvalue weighted by Gasteiger charge is -2.03. The quantitative estimate of drug-likeness (QED) is 0.574. The zero-order chi connectivity index (χ0) is 17.2. The zero-order valence-corrected chi connectivity index (χ0v) is 13.4. The summed E-state index contributed by atoms with van der Waals surface area (Å²) < 4.78 is 6.45. The van der Waals surface area contributed by atoms with Gasteiger partial charge in [0.05, 0.1) is 29.9 Å². The maximum absolute atomic E-state index is 11.9. The van der Waals surface area contributed by atoms with Gasteiger partial charge in [-0.05, 0) is 18.2 Å². The summed E-state index contributed by atoms with van der Waals surface area (Å²) in [5, 5.41) is 8.25. The Kier molecular flexibility index (Phi) is 3.70. The molecule has 8 nitrogen and oxygen atoms in total. The van der Waals surface area contributed by atoms with Crippen LogP contribution in [-0.4, -0.2) is 43.0 Å². The molecule has 1 N–H and O–H groups in total. The molecular weight excluding hydrogens is 320 g/mol. The van der Waals surface area contributed by atoms with Gasteiger partial charge >= 0.3 is 5.97 Å². The molecule has 25 heavy (non-hydrogen) atoms. The minimum atomic E-state index is -0.441. The molecule has 0 aliphatic carbocycles. The molecule has 3 heterocycles. The molecule has 0 saturated carbocycles. The summed E-state index contributed by atoms with van der Waals surface area (Å²) in [6.45, 7) is 0.440. The van der Waals surface area contributed by atoms with Gasteiger partial charge in [0.15, 0.2) is 0 Å². The van der Waals surface area contributed by atoms with E-state index in [4.69, 9.17) is 4.74 Å². The molecule has 0 spiro atoms. The minimum Gasteiger partial charge on any atom is -0.465 e. The van der Waals surface area contributed by atoms with E-state index in [1.807, 2.05) is 24.3 Å². The average molecular weight is 334 g/mol. The normalized spacial score (nSPS) is 10.9. The van der Waals surface area contributed by atoms with Gasteiger partial charge in [-0.1, -0.05) is 17.3 Å². The third kappa shape index (κ3) is 2.85. The molecule has 0 radical (unpaired) electrons. The Morgan fingerprint density at radius 1 is 1.28 bits per heavy atom. The summed E-state index contributed by atoms with van der Waals surface area (Å²) in [4.78, 5) is 23.7. The van der Waals surface area contributed by atoms with Crippen LogP contribution in [-0.2, 0) is 11.3 Å². The molecule has 0 aliphatic heterocycles. The second-order valence-corrected chi connectivity index (χ2v) is 5.41. The number of H-pyrrole nitrogens is 1. The molecule has 1 aromatic carbocycles. The Balaban J connectivity index is 1.63. The summed E-state index contributed by atoms with van der Waals surface area (Å²) >= 11 is 0. The number of rotatable bonds is 4. The zero-order valence-electron chi connectivity index (χ0n) is 13.4. The van der Waals surface area contributed by atoms with Crippen molar-refractivity contribution in [3.05, 3.63) is 60.3 Å². The van der Waals surface area contributed by atoms with Gasteiger partial charge < -0.3 is 9.72 Å². The van der Waals surface area contributed by atoms with Crippen LogP contribution >= 0.6 is 0 Å². The van der Waals surface area contributed by atoms with E-state index in [1.54, 1.807) is 23.1 Å². The number of para-hydroxylation sites is 2. The maximum Gasteiger partial charge on any atom is 0.338 e. The third-order valence-corrected chi connectivity index (χ3v) is 3.79. The molecular formula is C17H14N6O2. The number of nitrogens with one attached hydrogen (secondary N) is 1. The molecule has 124 valence electrons. The topological polar surface area (TPSA) is 98.6 Å². The number of imidazole rings is 1. The van der Waals surface area contributed by atoms with Gasteiger partial charge in [0.25, 0.3) is 0 Å². The van der Waals surface area contributed by atoms with Gasteiger partial charge in [0.1, 0.15) is 18.1 Å². The molecule has 0 unspecified atom stereocenters. The van der Waals surface area contributed by atoms with Crippen LogP contribution in [0.3, 0.4) is 0 Å². The summed E-state index contributed by atoms with van der Waals surface area (Å²) in [5.74, 6) is 0.335. The van der Waals surface area contributed by atoms with Crippen LogP contribution in [0.1, 0.15) is 16.2 Å². The fraction of sp³-hybridized carbons (Fsp3) is 0.118. The van der Waals surface area contributed by atoms with E-state index in [2.05, 4.69) is 25.3 Å². The third-order valence-electron chi connectivity index (χ3n) is 3.79. The fourth-order valence-electron chi connectivity index (χ4n) is 2.62. The SMILES string of the molecule is COC(=O)c1ccncc1-c1cn(Cc2nc3ccccc3[nH]2)nn1. The number of carbonyl (C=O) groups excluding carboxylic acids is 1. The summed E-state index contributed by atoms with van der Waals surface area (Å²) in [6.07, 6.45) is 4.85. The first-order valence-electron chi connectivity index (χ1n) is 7.61. The van der Waals surface area contributed by atoms with Gasteiger partial charge in [-0.3, -0.25) is 4.98 Å². The smallest absolute Gasteiger partial charge is 0.338 e. The van der Waals surface area contributed by atoms with Crippen LogP contribution in [0.5, 0.6) is 0 Å². The highest BCUT2D eigenvalue weighted by atomic mass is 16.5. The lowest BCUT2D eigenvalue weighted by atomic mass is 10.1. The molecule has 0 aliphatic rings. The first-order valence-corrected chi connectivity index (χ1v) is 7.61. The van der Waals surface area contributed by atoms with E-state index in [-0.39, 0.29) is 0 Å². The van der Waals surface area contributed by atoms with Gasteiger partial charge in [0.2, 0.25) is 0 Å². The molecule has 0 bridgehead atoms. The van der Waals surface area contributed by atoms with Crippen LogP contribution in [0.4, 0.5) is 0 Å². The highest BCUT2D eigenvalue weighted by Gasteiger charge is 2.16. The van der Waals surface area contributed by atoms with Crippen molar-refractivity contribution in [3.8, 4) is 11.3 Å². The van der Waals surface area contributed by atoms with Crippen molar-refractivity contribution >= 4 is 17.0 Å². The number of methoxy groups -OCH3 is 1. The van der Waals surface area contributed by atoms with Crippen molar-refractivity contribution in [2.75, 3.05) is 7.11 Å². The summed E-state index contributed by atoms with van der Waals surface area (Å²) in [6, 6.07) is 9.41. The number of hydrogen-bond acceptors (Lipinski definition) is 6. The highest BCUT2D eigenvalue weighted by Crippen LogP contribution is 2.21. The first kappa shape index (κ1) is 15.0. The number of fused-ring (bicyclic) bond motifs is 1. The van der Waals surface area contributed by atoms with E-state index in [0.717, 1.165) is 16.9 Å². The standard InChI is InChI=1S/C17H14N6O2/c1-25-17(24)11-6-7-18-8-12(11)15-9-23(22-21-15)10-16-19-13-4-2-3-5-14(13)20-16/h2-9H,10H2,1H3,(H,19,20). The highest BCUT2D eigenvalue weighted by molar-refractivity contribution is 5.96. The number of benzene rings is 1. The number of ether oxygens (including phenoxy) is 1. The van der Waals surface area contributed by atoms with Gasteiger partial charge in [0, 0.05) is 18.0 Å². The Morgan fingerprint density at radius 3 is 3.00 bits per heavy atom. The number of nitrogens with zero attached hydrogens (tertiary/aromatic N) is 5. The predicted octanol–water partition coefficient (Wildman–Crippen LogP) is 2.05. The number of aromatic nitrogens is 6.